The van der Waals surface area contributed by atoms with Crippen LogP contribution in [-0.4, -0.2) is 43.6 Å². The molecule has 0 saturated carbocycles. The van der Waals surface area contributed by atoms with Crippen LogP contribution in [0.4, 0.5) is 0 Å². The standard InChI is InChI=1S/C9H18BrNO/c1-12-8-9-3-6-11(7-9)5-2-4-10/h9H,2-8H2,1H3. The average molecular weight is 236 g/mol. The Morgan fingerprint density at radius 3 is 3.08 bits per heavy atom. The molecule has 0 aromatic heterocycles. The summed E-state index contributed by atoms with van der Waals surface area (Å²) < 4.78 is 5.14. The van der Waals surface area contributed by atoms with Gasteiger partial charge in [0.05, 0.1) is 6.61 Å². The number of methoxy groups -OCH3 is 1. The first-order chi connectivity index (χ1) is 5.86. The van der Waals surface area contributed by atoms with Crippen molar-refractivity contribution in [3.05, 3.63) is 0 Å². The number of alkyl halides is 1. The topological polar surface area (TPSA) is 12.5 Å². The highest BCUT2D eigenvalue weighted by molar-refractivity contribution is 9.09. The van der Waals surface area contributed by atoms with Crippen molar-refractivity contribution in [2.24, 2.45) is 5.92 Å². The number of halogens is 1. The lowest BCUT2D eigenvalue weighted by Gasteiger charge is -2.14. The van der Waals surface area contributed by atoms with Gasteiger partial charge in [-0.25, -0.2) is 0 Å². The molecule has 12 heavy (non-hydrogen) atoms. The molecule has 1 aliphatic rings. The quantitative estimate of drug-likeness (QED) is 0.674. The van der Waals surface area contributed by atoms with Crippen LogP contribution >= 0.6 is 15.9 Å². The Morgan fingerprint density at radius 2 is 2.42 bits per heavy atom. The number of nitrogens with zero attached hydrogens (tertiary/aromatic N) is 1. The molecule has 0 aromatic rings. The van der Waals surface area contributed by atoms with E-state index in [1.165, 1.54) is 32.5 Å². The van der Waals surface area contributed by atoms with Crippen LogP contribution in [0, 0.1) is 5.92 Å². The van der Waals surface area contributed by atoms with Gasteiger partial charge < -0.3 is 9.64 Å². The van der Waals surface area contributed by atoms with Crippen LogP contribution < -0.4 is 0 Å². The molecule has 2 nitrogen and oxygen atoms in total. The number of hydrogen-bond acceptors (Lipinski definition) is 2. The van der Waals surface area contributed by atoms with E-state index in [-0.39, 0.29) is 0 Å². The summed E-state index contributed by atoms with van der Waals surface area (Å²) in [5.41, 5.74) is 0. The molecule has 1 rings (SSSR count). The van der Waals surface area contributed by atoms with Gasteiger partial charge in [-0.1, -0.05) is 15.9 Å². The molecule has 0 radical (unpaired) electrons. The van der Waals surface area contributed by atoms with E-state index in [1.807, 2.05) is 0 Å². The van der Waals surface area contributed by atoms with Gasteiger partial charge in [-0.15, -0.1) is 0 Å². The third kappa shape index (κ3) is 3.42. The molecule has 1 aliphatic heterocycles. The van der Waals surface area contributed by atoms with E-state index in [0.29, 0.717) is 0 Å². The van der Waals surface area contributed by atoms with Crippen molar-refractivity contribution in [3.63, 3.8) is 0 Å². The Bertz CT molecular complexity index is 121. The summed E-state index contributed by atoms with van der Waals surface area (Å²) >= 11 is 3.45. The van der Waals surface area contributed by atoms with E-state index in [2.05, 4.69) is 20.8 Å². The summed E-state index contributed by atoms with van der Waals surface area (Å²) in [6, 6.07) is 0. The van der Waals surface area contributed by atoms with Crippen molar-refractivity contribution < 1.29 is 4.74 Å². The summed E-state index contributed by atoms with van der Waals surface area (Å²) in [5, 5.41) is 1.12. The third-order valence-corrected chi connectivity index (χ3v) is 2.94. The Balaban J connectivity index is 2.08. The SMILES string of the molecule is COCC1CCN(CCCBr)C1. The zero-order valence-corrected chi connectivity index (χ0v) is 9.35. The first kappa shape index (κ1) is 10.5. The summed E-state index contributed by atoms with van der Waals surface area (Å²) in [4.78, 5) is 2.53. The fourth-order valence-corrected chi connectivity index (χ4v) is 2.02. The first-order valence-electron chi connectivity index (χ1n) is 4.64. The molecule has 1 atom stereocenters. The van der Waals surface area contributed by atoms with Gasteiger partial charge in [0.2, 0.25) is 0 Å². The van der Waals surface area contributed by atoms with Crippen molar-refractivity contribution in [1.82, 2.24) is 4.90 Å². The summed E-state index contributed by atoms with van der Waals surface area (Å²) in [7, 11) is 1.79. The highest BCUT2D eigenvalue weighted by atomic mass is 79.9. The molecule has 1 saturated heterocycles. The Hall–Kier alpha value is 0.400. The smallest absolute Gasteiger partial charge is 0.0503 e. The Morgan fingerprint density at radius 1 is 1.58 bits per heavy atom. The molecular formula is C9H18BrNO. The molecule has 0 aliphatic carbocycles. The normalized spacial score (nSPS) is 25.0. The molecule has 0 spiro atoms. The molecule has 0 bridgehead atoms. The van der Waals surface area contributed by atoms with Gasteiger partial charge in [0.25, 0.3) is 0 Å². The maximum atomic E-state index is 5.14. The van der Waals surface area contributed by atoms with E-state index in [1.54, 1.807) is 7.11 Å². The lowest BCUT2D eigenvalue weighted by atomic mass is 10.1. The van der Waals surface area contributed by atoms with E-state index in [4.69, 9.17) is 4.74 Å². The van der Waals surface area contributed by atoms with Crippen LogP contribution in [-0.2, 0) is 4.74 Å². The second kappa shape index (κ2) is 5.95. The minimum Gasteiger partial charge on any atom is -0.384 e. The number of likely N-dealkylation sites (tertiary alicyclic amines) is 1. The molecule has 1 unspecified atom stereocenters. The molecular weight excluding hydrogens is 218 g/mol. The summed E-state index contributed by atoms with van der Waals surface area (Å²) in [5.74, 6) is 0.783. The van der Waals surface area contributed by atoms with Crippen LogP contribution in [0.1, 0.15) is 12.8 Å². The van der Waals surface area contributed by atoms with Gasteiger partial charge in [0.1, 0.15) is 0 Å². The van der Waals surface area contributed by atoms with Gasteiger partial charge in [-0.05, 0) is 31.8 Å². The Labute approximate surface area is 83.4 Å². The van der Waals surface area contributed by atoms with Crippen molar-refractivity contribution in [2.45, 2.75) is 12.8 Å². The van der Waals surface area contributed by atoms with E-state index < -0.39 is 0 Å². The van der Waals surface area contributed by atoms with Gasteiger partial charge in [-0.2, -0.15) is 0 Å². The fraction of sp³-hybridized carbons (Fsp3) is 1.00. The number of hydrogen-bond donors (Lipinski definition) is 0. The average Bonchev–Trinajstić information content (AvgIpc) is 2.50. The third-order valence-electron chi connectivity index (χ3n) is 2.38. The van der Waals surface area contributed by atoms with Crippen LogP contribution in [0.5, 0.6) is 0 Å². The van der Waals surface area contributed by atoms with E-state index >= 15 is 0 Å². The summed E-state index contributed by atoms with van der Waals surface area (Å²) in [6.07, 6.45) is 2.58. The maximum Gasteiger partial charge on any atom is 0.0503 e. The van der Waals surface area contributed by atoms with E-state index in [9.17, 15) is 0 Å². The van der Waals surface area contributed by atoms with Gasteiger partial charge in [0, 0.05) is 19.0 Å². The predicted octanol–water partition coefficient (Wildman–Crippen LogP) is 1.74. The van der Waals surface area contributed by atoms with Crippen molar-refractivity contribution in [2.75, 3.05) is 38.7 Å². The summed E-state index contributed by atoms with van der Waals surface area (Å²) in [6.45, 7) is 4.68. The lowest BCUT2D eigenvalue weighted by Crippen LogP contribution is -2.23. The highest BCUT2D eigenvalue weighted by Crippen LogP contribution is 2.16. The second-order valence-corrected chi connectivity index (χ2v) is 4.25. The minimum atomic E-state index is 0.783. The molecule has 0 aromatic carbocycles. The molecule has 0 N–H and O–H groups in total. The van der Waals surface area contributed by atoms with Crippen LogP contribution in [0.3, 0.4) is 0 Å². The van der Waals surface area contributed by atoms with Crippen molar-refractivity contribution in [3.8, 4) is 0 Å². The number of rotatable bonds is 5. The van der Waals surface area contributed by atoms with Crippen LogP contribution in [0.15, 0.2) is 0 Å². The predicted molar refractivity (Wildman–Crippen MR) is 54.8 cm³/mol. The largest absolute Gasteiger partial charge is 0.384 e. The van der Waals surface area contributed by atoms with Crippen molar-refractivity contribution >= 4 is 15.9 Å². The van der Waals surface area contributed by atoms with Gasteiger partial charge in [-0.3, -0.25) is 0 Å². The monoisotopic (exact) mass is 235 g/mol. The van der Waals surface area contributed by atoms with Gasteiger partial charge in [0.15, 0.2) is 0 Å². The first-order valence-corrected chi connectivity index (χ1v) is 5.76. The lowest BCUT2D eigenvalue weighted by molar-refractivity contribution is 0.153. The Kier molecular flexibility index (Phi) is 5.19. The molecule has 1 heterocycles. The maximum absolute atomic E-state index is 5.14. The highest BCUT2D eigenvalue weighted by Gasteiger charge is 2.21. The second-order valence-electron chi connectivity index (χ2n) is 3.45. The van der Waals surface area contributed by atoms with E-state index in [0.717, 1.165) is 17.9 Å². The zero-order valence-electron chi connectivity index (χ0n) is 7.76. The molecule has 3 heteroatoms. The van der Waals surface area contributed by atoms with Crippen LogP contribution in [0.25, 0.3) is 0 Å². The number of ether oxygens (including phenoxy) is 1. The van der Waals surface area contributed by atoms with Gasteiger partial charge >= 0.3 is 0 Å². The molecule has 72 valence electrons. The fourth-order valence-electron chi connectivity index (χ4n) is 1.77. The molecule has 0 amide bonds. The van der Waals surface area contributed by atoms with Crippen LogP contribution in [0.2, 0.25) is 0 Å². The minimum absolute atomic E-state index is 0.783. The zero-order chi connectivity index (χ0) is 8.81. The molecule has 1 fully saturated rings. The van der Waals surface area contributed by atoms with Crippen molar-refractivity contribution in [1.29, 1.82) is 0 Å².